The predicted molar refractivity (Wildman–Crippen MR) is 98.3 cm³/mol. The van der Waals surface area contributed by atoms with Gasteiger partial charge in [-0.15, -0.1) is 10.2 Å². The van der Waals surface area contributed by atoms with Gasteiger partial charge < -0.3 is 15.6 Å². The molecule has 25 heavy (non-hydrogen) atoms. The van der Waals surface area contributed by atoms with Crippen molar-refractivity contribution >= 4 is 29.0 Å². The van der Waals surface area contributed by atoms with Crippen LogP contribution in [0, 0.1) is 0 Å². The van der Waals surface area contributed by atoms with Crippen LogP contribution < -0.4 is 11.1 Å². The van der Waals surface area contributed by atoms with E-state index in [1.807, 2.05) is 35.9 Å². The molecular weight excluding hydrogens is 336 g/mol. The lowest BCUT2D eigenvalue weighted by Gasteiger charge is -2.13. The van der Waals surface area contributed by atoms with Gasteiger partial charge in [-0.25, -0.2) is 0 Å². The zero-order chi connectivity index (χ0) is 17.8. The SMILES string of the molecule is C[C@H](Sc1nncn1C)c1cccc(NC(=O)c2cc(N)ccn2)c1. The second-order valence-electron chi connectivity index (χ2n) is 5.54. The maximum Gasteiger partial charge on any atom is 0.274 e. The number of rotatable bonds is 5. The largest absolute Gasteiger partial charge is 0.399 e. The van der Waals surface area contributed by atoms with Gasteiger partial charge in [0.25, 0.3) is 5.91 Å². The number of nitrogens with two attached hydrogens (primary N) is 1. The molecule has 128 valence electrons. The molecule has 0 spiro atoms. The highest BCUT2D eigenvalue weighted by molar-refractivity contribution is 7.99. The average Bonchev–Trinajstić information content (AvgIpc) is 3.00. The summed E-state index contributed by atoms with van der Waals surface area (Å²) in [7, 11) is 1.91. The minimum Gasteiger partial charge on any atom is -0.399 e. The maximum absolute atomic E-state index is 12.3. The number of carbonyl (C=O) groups is 1. The Labute approximate surface area is 149 Å². The van der Waals surface area contributed by atoms with Crippen LogP contribution in [0.5, 0.6) is 0 Å². The highest BCUT2D eigenvalue weighted by Crippen LogP contribution is 2.34. The first kappa shape index (κ1) is 17.0. The number of amides is 1. The van der Waals surface area contributed by atoms with Gasteiger partial charge in [0.1, 0.15) is 12.0 Å². The molecule has 0 fully saturated rings. The second kappa shape index (κ2) is 7.35. The molecule has 3 N–H and O–H groups in total. The molecule has 3 rings (SSSR count). The monoisotopic (exact) mass is 354 g/mol. The summed E-state index contributed by atoms with van der Waals surface area (Å²) in [5.74, 6) is -0.293. The zero-order valence-corrected chi connectivity index (χ0v) is 14.7. The summed E-state index contributed by atoms with van der Waals surface area (Å²) in [4.78, 5) is 16.3. The van der Waals surface area contributed by atoms with Crippen molar-refractivity contribution in [1.29, 1.82) is 0 Å². The van der Waals surface area contributed by atoms with Crippen molar-refractivity contribution in [2.45, 2.75) is 17.3 Å². The van der Waals surface area contributed by atoms with Crippen molar-refractivity contribution < 1.29 is 4.79 Å². The van der Waals surface area contributed by atoms with Crippen LogP contribution in [0.4, 0.5) is 11.4 Å². The van der Waals surface area contributed by atoms with Gasteiger partial charge in [0.2, 0.25) is 0 Å². The smallest absolute Gasteiger partial charge is 0.274 e. The van der Waals surface area contributed by atoms with E-state index in [2.05, 4.69) is 27.4 Å². The van der Waals surface area contributed by atoms with Crippen molar-refractivity contribution in [3.8, 4) is 0 Å². The van der Waals surface area contributed by atoms with E-state index in [0.29, 0.717) is 11.4 Å². The molecule has 0 bridgehead atoms. The number of thioether (sulfide) groups is 1. The molecule has 2 heterocycles. The Morgan fingerprint density at radius 3 is 2.88 bits per heavy atom. The number of nitrogens with zero attached hydrogens (tertiary/aromatic N) is 4. The Hall–Kier alpha value is -2.87. The molecule has 0 aliphatic heterocycles. The number of benzene rings is 1. The number of aromatic nitrogens is 4. The van der Waals surface area contributed by atoms with Gasteiger partial charge in [-0.1, -0.05) is 23.9 Å². The Balaban J connectivity index is 1.73. The second-order valence-corrected chi connectivity index (χ2v) is 6.85. The van der Waals surface area contributed by atoms with Crippen molar-refractivity contribution in [1.82, 2.24) is 19.7 Å². The first-order valence-corrected chi connectivity index (χ1v) is 8.54. The number of aryl methyl sites for hydroxylation is 1. The number of nitrogen functional groups attached to an aromatic ring is 1. The fraction of sp³-hybridized carbons (Fsp3) is 0.176. The Morgan fingerprint density at radius 1 is 1.32 bits per heavy atom. The standard InChI is InChI=1S/C17H18N6OS/c1-11(25-17-22-20-10-23(17)2)12-4-3-5-14(8-12)21-16(24)15-9-13(18)6-7-19-15/h3-11H,1-2H3,(H2,18,19)(H,21,24)/t11-/m0/s1. The molecule has 1 amide bonds. The molecule has 0 radical (unpaired) electrons. The van der Waals surface area contributed by atoms with E-state index in [0.717, 1.165) is 10.7 Å². The molecule has 0 unspecified atom stereocenters. The van der Waals surface area contributed by atoms with E-state index in [1.54, 1.807) is 30.2 Å². The number of nitrogens with one attached hydrogen (secondary N) is 1. The number of hydrogen-bond donors (Lipinski definition) is 2. The summed E-state index contributed by atoms with van der Waals surface area (Å²) in [6, 6.07) is 10.9. The van der Waals surface area contributed by atoms with Gasteiger partial charge >= 0.3 is 0 Å². The van der Waals surface area contributed by atoms with E-state index in [-0.39, 0.29) is 16.9 Å². The summed E-state index contributed by atoms with van der Waals surface area (Å²) >= 11 is 1.60. The summed E-state index contributed by atoms with van der Waals surface area (Å²) < 4.78 is 1.87. The van der Waals surface area contributed by atoms with Crippen molar-refractivity contribution in [2.24, 2.45) is 7.05 Å². The van der Waals surface area contributed by atoms with E-state index in [9.17, 15) is 4.79 Å². The van der Waals surface area contributed by atoms with Gasteiger partial charge in [-0.05, 0) is 36.8 Å². The van der Waals surface area contributed by atoms with Gasteiger partial charge in [-0.2, -0.15) is 0 Å². The highest BCUT2D eigenvalue weighted by Gasteiger charge is 2.13. The van der Waals surface area contributed by atoms with Crippen LogP contribution in [-0.2, 0) is 7.05 Å². The van der Waals surface area contributed by atoms with Crippen LogP contribution in [0.25, 0.3) is 0 Å². The summed E-state index contributed by atoms with van der Waals surface area (Å²) in [5, 5.41) is 11.8. The fourth-order valence-corrected chi connectivity index (χ4v) is 3.15. The lowest BCUT2D eigenvalue weighted by Crippen LogP contribution is -2.14. The number of pyridine rings is 1. The molecule has 8 heteroatoms. The summed E-state index contributed by atoms with van der Waals surface area (Å²) in [6.45, 7) is 2.08. The Bertz CT molecular complexity index is 894. The third kappa shape index (κ3) is 4.16. The molecule has 7 nitrogen and oxygen atoms in total. The lowest BCUT2D eigenvalue weighted by molar-refractivity contribution is 0.102. The molecular formula is C17H18N6OS. The summed E-state index contributed by atoms with van der Waals surface area (Å²) in [5.41, 5.74) is 8.26. The third-order valence-electron chi connectivity index (χ3n) is 3.58. The van der Waals surface area contributed by atoms with Crippen LogP contribution in [0.1, 0.15) is 28.2 Å². The lowest BCUT2D eigenvalue weighted by atomic mass is 10.1. The van der Waals surface area contributed by atoms with E-state index in [4.69, 9.17) is 5.73 Å². The molecule has 1 aromatic carbocycles. The quantitative estimate of drug-likeness (QED) is 0.684. The molecule has 3 aromatic rings. The number of carbonyl (C=O) groups excluding carboxylic acids is 1. The van der Waals surface area contributed by atoms with Crippen LogP contribution in [0.3, 0.4) is 0 Å². The number of hydrogen-bond acceptors (Lipinski definition) is 6. The van der Waals surface area contributed by atoms with Crippen molar-refractivity contribution in [2.75, 3.05) is 11.1 Å². The molecule has 0 saturated heterocycles. The van der Waals surface area contributed by atoms with Crippen LogP contribution in [-0.4, -0.2) is 25.7 Å². The normalized spacial score (nSPS) is 11.9. The first-order chi connectivity index (χ1) is 12.0. The van der Waals surface area contributed by atoms with Gasteiger partial charge in [0.05, 0.1) is 0 Å². The molecule has 0 aliphatic carbocycles. The minimum atomic E-state index is -0.293. The summed E-state index contributed by atoms with van der Waals surface area (Å²) in [6.07, 6.45) is 3.19. The van der Waals surface area contributed by atoms with E-state index < -0.39 is 0 Å². The Kier molecular flexibility index (Phi) is 4.99. The highest BCUT2D eigenvalue weighted by atomic mass is 32.2. The van der Waals surface area contributed by atoms with Gasteiger partial charge in [-0.3, -0.25) is 9.78 Å². The molecule has 2 aromatic heterocycles. The first-order valence-electron chi connectivity index (χ1n) is 7.66. The molecule has 0 saturated carbocycles. The third-order valence-corrected chi connectivity index (χ3v) is 4.79. The van der Waals surface area contributed by atoms with Gasteiger partial charge in [0.15, 0.2) is 5.16 Å². The topological polar surface area (TPSA) is 98.7 Å². The van der Waals surface area contributed by atoms with E-state index in [1.165, 1.54) is 6.20 Å². The molecule has 0 aliphatic rings. The van der Waals surface area contributed by atoms with E-state index >= 15 is 0 Å². The molecule has 1 atom stereocenters. The van der Waals surface area contributed by atoms with Crippen LogP contribution in [0.2, 0.25) is 0 Å². The van der Waals surface area contributed by atoms with Crippen molar-refractivity contribution in [3.05, 3.63) is 60.2 Å². The van der Waals surface area contributed by atoms with Crippen LogP contribution in [0.15, 0.2) is 54.1 Å². The Morgan fingerprint density at radius 2 is 2.16 bits per heavy atom. The van der Waals surface area contributed by atoms with Gasteiger partial charge in [0, 0.05) is 29.9 Å². The van der Waals surface area contributed by atoms with Crippen molar-refractivity contribution in [3.63, 3.8) is 0 Å². The van der Waals surface area contributed by atoms with Crippen LogP contribution >= 0.6 is 11.8 Å². The fourth-order valence-electron chi connectivity index (χ4n) is 2.24. The minimum absolute atomic E-state index is 0.158. The zero-order valence-electron chi connectivity index (χ0n) is 13.9. The number of anilines is 2. The maximum atomic E-state index is 12.3. The average molecular weight is 354 g/mol. The predicted octanol–water partition coefficient (Wildman–Crippen LogP) is 2.90.